The van der Waals surface area contributed by atoms with Crippen molar-refractivity contribution in [1.82, 2.24) is 19.3 Å². The van der Waals surface area contributed by atoms with E-state index in [2.05, 4.69) is 181 Å². The maximum Gasteiger partial charge on any atom is 0.168 e. The molecule has 1 aliphatic rings. The maximum absolute atomic E-state index is 4.71. The fourth-order valence-electron chi connectivity index (χ4n) is 9.27. The van der Waals surface area contributed by atoms with Crippen LogP contribution < -0.4 is 0 Å². The minimum atomic E-state index is -0.106. The van der Waals surface area contributed by atoms with Crippen LogP contribution in [-0.2, 0) is 5.41 Å². The molecule has 4 heteroatoms. The van der Waals surface area contributed by atoms with Crippen molar-refractivity contribution >= 4 is 21.8 Å². The molecule has 2 aromatic heterocycles. The molecule has 0 radical (unpaired) electrons. The molecule has 0 spiro atoms. The molecule has 0 amide bonds. The molecule has 270 valence electrons. The summed E-state index contributed by atoms with van der Waals surface area (Å²) in [6, 6.07) is 69.7. The molecule has 0 saturated heterocycles. The van der Waals surface area contributed by atoms with E-state index in [0.29, 0.717) is 0 Å². The zero-order chi connectivity index (χ0) is 38.1. The van der Waals surface area contributed by atoms with Crippen molar-refractivity contribution < 1.29 is 0 Å². The zero-order valence-electron chi connectivity index (χ0n) is 31.8. The first-order valence-electron chi connectivity index (χ1n) is 19.6. The van der Waals surface area contributed by atoms with Gasteiger partial charge >= 0.3 is 0 Å². The third-order valence-electron chi connectivity index (χ3n) is 11.9. The van der Waals surface area contributed by atoms with E-state index < -0.39 is 0 Å². The number of rotatable bonds is 6. The molecule has 0 saturated carbocycles. The van der Waals surface area contributed by atoms with Crippen molar-refractivity contribution in [2.45, 2.75) is 19.3 Å². The van der Waals surface area contributed by atoms with E-state index in [-0.39, 0.29) is 5.41 Å². The molecule has 57 heavy (non-hydrogen) atoms. The van der Waals surface area contributed by atoms with Crippen LogP contribution in [0.4, 0.5) is 0 Å². The molecule has 0 unspecified atom stereocenters. The van der Waals surface area contributed by atoms with Gasteiger partial charge in [-0.2, -0.15) is 0 Å². The van der Waals surface area contributed by atoms with E-state index in [1.54, 1.807) is 0 Å². The Bertz CT molecular complexity index is 3060. The lowest BCUT2D eigenvalue weighted by Gasteiger charge is -2.24. The number of hydrogen-bond acceptors (Lipinski definition) is 2. The maximum atomic E-state index is 4.71. The number of aromatic nitrogens is 4. The molecule has 8 aromatic carbocycles. The van der Waals surface area contributed by atoms with Gasteiger partial charge in [0.05, 0.1) is 11.0 Å². The largest absolute Gasteiger partial charge is 0.309 e. The summed E-state index contributed by atoms with van der Waals surface area (Å²) in [5.41, 5.74) is 16.7. The molecule has 2 heterocycles. The molecule has 0 bridgehead atoms. The van der Waals surface area contributed by atoms with Gasteiger partial charge in [-0.1, -0.05) is 172 Å². The van der Waals surface area contributed by atoms with Gasteiger partial charge in [0.15, 0.2) is 11.6 Å². The smallest absolute Gasteiger partial charge is 0.168 e. The van der Waals surface area contributed by atoms with Crippen LogP contribution in [0.3, 0.4) is 0 Å². The molecule has 0 fully saturated rings. The first-order valence-corrected chi connectivity index (χ1v) is 19.6. The lowest BCUT2D eigenvalue weighted by Crippen LogP contribution is -2.16. The first-order chi connectivity index (χ1) is 28.1. The summed E-state index contributed by atoms with van der Waals surface area (Å²) < 4.78 is 4.60. The third kappa shape index (κ3) is 5.14. The highest BCUT2D eigenvalue weighted by molar-refractivity contribution is 6.15. The summed E-state index contributed by atoms with van der Waals surface area (Å²) in [6.45, 7) is 4.74. The average Bonchev–Trinajstić information content (AvgIpc) is 3.94. The minimum Gasteiger partial charge on any atom is -0.309 e. The number of benzene rings is 8. The Balaban J connectivity index is 1.09. The summed E-state index contributed by atoms with van der Waals surface area (Å²) in [5.74, 6) is 1.61. The second-order valence-corrected chi connectivity index (χ2v) is 15.5. The molecule has 11 rings (SSSR count). The summed E-state index contributed by atoms with van der Waals surface area (Å²) in [7, 11) is 0. The van der Waals surface area contributed by atoms with E-state index >= 15 is 0 Å². The van der Waals surface area contributed by atoms with Gasteiger partial charge in [-0.25, -0.2) is 0 Å². The van der Waals surface area contributed by atoms with E-state index in [9.17, 15) is 0 Å². The monoisotopic (exact) mass is 730 g/mol. The fraction of sp³-hybridized carbons (Fsp3) is 0.0566. The van der Waals surface area contributed by atoms with E-state index in [1.165, 1.54) is 60.8 Å². The zero-order valence-corrected chi connectivity index (χ0v) is 31.8. The van der Waals surface area contributed by atoms with Crippen LogP contribution in [0.15, 0.2) is 194 Å². The SMILES string of the molecule is CC1(C)c2ccccc2-c2cccc(-c3ccc4c(c3)c3cccc(-c5ccc(-n6c(-c7ccccc7)nnc6-c6ccccc6)cc5)c3n4-c3ccccc3)c21. The summed E-state index contributed by atoms with van der Waals surface area (Å²) in [5, 5.41) is 11.9. The Hall–Kier alpha value is -7.30. The quantitative estimate of drug-likeness (QED) is 0.171. The molecule has 0 aliphatic heterocycles. The molecule has 10 aromatic rings. The number of fused-ring (bicyclic) bond motifs is 6. The molecule has 4 nitrogen and oxygen atoms in total. The van der Waals surface area contributed by atoms with Crippen molar-refractivity contribution in [3.05, 3.63) is 205 Å². The normalized spacial score (nSPS) is 12.9. The molecular weight excluding hydrogens is 693 g/mol. The number of hydrogen-bond donors (Lipinski definition) is 0. The van der Waals surface area contributed by atoms with Gasteiger partial charge in [0, 0.05) is 44.3 Å². The van der Waals surface area contributed by atoms with Crippen LogP contribution in [0.5, 0.6) is 0 Å². The van der Waals surface area contributed by atoms with E-state index in [4.69, 9.17) is 10.2 Å². The molecule has 0 N–H and O–H groups in total. The number of nitrogens with zero attached hydrogens (tertiary/aromatic N) is 4. The van der Waals surface area contributed by atoms with Crippen LogP contribution in [0.2, 0.25) is 0 Å². The Morgan fingerprint density at radius 1 is 0.386 bits per heavy atom. The fourth-order valence-corrected chi connectivity index (χ4v) is 9.27. The lowest BCUT2D eigenvalue weighted by atomic mass is 9.79. The van der Waals surface area contributed by atoms with Gasteiger partial charge in [0.1, 0.15) is 0 Å². The highest BCUT2D eigenvalue weighted by atomic mass is 15.3. The summed E-state index contributed by atoms with van der Waals surface area (Å²) in [6.07, 6.45) is 0. The minimum absolute atomic E-state index is 0.106. The van der Waals surface area contributed by atoms with E-state index in [0.717, 1.165) is 39.7 Å². The Kier molecular flexibility index (Phi) is 7.48. The van der Waals surface area contributed by atoms with Crippen LogP contribution in [0, 0.1) is 0 Å². The van der Waals surface area contributed by atoms with Crippen molar-refractivity contribution in [3.8, 4) is 67.5 Å². The third-order valence-corrected chi connectivity index (χ3v) is 11.9. The van der Waals surface area contributed by atoms with Crippen LogP contribution in [-0.4, -0.2) is 19.3 Å². The Morgan fingerprint density at radius 2 is 0.930 bits per heavy atom. The molecule has 1 aliphatic carbocycles. The summed E-state index contributed by atoms with van der Waals surface area (Å²) >= 11 is 0. The standard InChI is InChI=1S/C53H38N4/c1-53(2)47-27-13-12-22-43(47)44-25-14-23-41(49(44)53)38-30-33-48-46(34-38)45-26-15-24-42(50(45)56(48)39-20-10-5-11-21-39)35-28-31-40(32-29-35)57-51(36-16-6-3-7-17-36)54-55-52(57)37-18-8-4-9-19-37/h3-34H,1-2H3. The predicted molar refractivity (Wildman–Crippen MR) is 235 cm³/mol. The summed E-state index contributed by atoms with van der Waals surface area (Å²) in [4.78, 5) is 0. The van der Waals surface area contributed by atoms with Gasteiger partial charge in [0.25, 0.3) is 0 Å². The van der Waals surface area contributed by atoms with E-state index in [1.807, 2.05) is 36.4 Å². The van der Waals surface area contributed by atoms with Crippen molar-refractivity contribution in [2.24, 2.45) is 0 Å². The van der Waals surface area contributed by atoms with Crippen molar-refractivity contribution in [3.63, 3.8) is 0 Å². The van der Waals surface area contributed by atoms with Gasteiger partial charge in [-0.15, -0.1) is 10.2 Å². The molecule has 0 atom stereocenters. The second-order valence-electron chi connectivity index (χ2n) is 15.5. The highest BCUT2D eigenvalue weighted by Crippen LogP contribution is 2.52. The Labute approximate surface area is 332 Å². The van der Waals surface area contributed by atoms with Crippen molar-refractivity contribution in [1.29, 1.82) is 0 Å². The van der Waals surface area contributed by atoms with Gasteiger partial charge in [-0.3, -0.25) is 4.57 Å². The topological polar surface area (TPSA) is 35.6 Å². The van der Waals surface area contributed by atoms with Crippen LogP contribution in [0.25, 0.3) is 89.3 Å². The van der Waals surface area contributed by atoms with Gasteiger partial charge < -0.3 is 4.57 Å². The Morgan fingerprint density at radius 3 is 1.63 bits per heavy atom. The first kappa shape index (κ1) is 33.1. The molecular formula is C53H38N4. The number of para-hydroxylation sites is 2. The second kappa shape index (κ2) is 12.9. The van der Waals surface area contributed by atoms with Crippen LogP contribution in [0.1, 0.15) is 25.0 Å². The lowest BCUT2D eigenvalue weighted by molar-refractivity contribution is 0.662. The highest BCUT2D eigenvalue weighted by Gasteiger charge is 2.37. The predicted octanol–water partition coefficient (Wildman–Crippen LogP) is 13.3. The van der Waals surface area contributed by atoms with Crippen LogP contribution >= 0.6 is 0 Å². The average molecular weight is 731 g/mol. The van der Waals surface area contributed by atoms with Crippen molar-refractivity contribution in [2.75, 3.05) is 0 Å². The van der Waals surface area contributed by atoms with Gasteiger partial charge in [0.2, 0.25) is 0 Å². The van der Waals surface area contributed by atoms with Gasteiger partial charge in [-0.05, 0) is 75.3 Å².